The lowest BCUT2D eigenvalue weighted by molar-refractivity contribution is -0.0392. The van der Waals surface area contributed by atoms with E-state index in [1.54, 1.807) is 5.56 Å². The lowest BCUT2D eigenvalue weighted by atomic mass is 9.52. The van der Waals surface area contributed by atoms with Gasteiger partial charge in [-0.15, -0.1) is 0 Å². The molecule has 1 N–H and O–H groups in total. The maximum Gasteiger partial charge on any atom is 0.0549 e. The molecule has 1 unspecified atom stereocenters. The first-order valence-corrected chi connectivity index (χ1v) is 7.67. The van der Waals surface area contributed by atoms with Crippen molar-refractivity contribution in [3.63, 3.8) is 0 Å². The molecule has 0 aromatic heterocycles. The predicted octanol–water partition coefficient (Wildman–Crippen LogP) is 2.35. The van der Waals surface area contributed by atoms with E-state index in [9.17, 15) is 5.11 Å². The van der Waals surface area contributed by atoms with E-state index >= 15 is 0 Å². The lowest BCUT2D eigenvalue weighted by Gasteiger charge is -2.59. The number of aliphatic hydroxyl groups is 1. The fourth-order valence-electron chi connectivity index (χ4n) is 5.17. The van der Waals surface area contributed by atoms with Gasteiger partial charge in [0.25, 0.3) is 0 Å². The number of benzene rings is 1. The van der Waals surface area contributed by atoms with Gasteiger partial charge >= 0.3 is 0 Å². The molecule has 1 saturated carbocycles. The first-order valence-electron chi connectivity index (χ1n) is 7.67. The number of hydrogen-bond donors (Lipinski definition) is 1. The average molecular weight is 257 g/mol. The van der Waals surface area contributed by atoms with Crippen molar-refractivity contribution in [3.8, 4) is 0 Å². The van der Waals surface area contributed by atoms with Crippen LogP contribution in [0, 0.1) is 5.92 Å². The van der Waals surface area contributed by atoms with E-state index in [0.29, 0.717) is 6.04 Å². The minimum Gasteiger partial charge on any atom is -0.393 e. The third-order valence-corrected chi connectivity index (χ3v) is 6.04. The number of hydrogen-bond acceptors (Lipinski definition) is 2. The lowest BCUT2D eigenvalue weighted by Crippen LogP contribution is -2.61. The van der Waals surface area contributed by atoms with Crippen LogP contribution >= 0.6 is 0 Å². The van der Waals surface area contributed by atoms with Crippen LogP contribution in [0.2, 0.25) is 0 Å². The SMILES string of the molecule is CN1CC[C@]23CC(O)CC[C@H]2[C@H]1Cc1ccccc13. The Hall–Kier alpha value is -0.860. The standard InChI is InChI=1S/C17H23NO/c1-18-9-8-17-11-13(19)6-7-15(17)16(18)10-12-4-2-3-5-14(12)17/h2-5,13,15-16,19H,6-11H2,1H3/t13?,15-,16+,17+/m0/s1. The molecule has 1 saturated heterocycles. The van der Waals surface area contributed by atoms with E-state index in [-0.39, 0.29) is 11.5 Å². The monoisotopic (exact) mass is 257 g/mol. The van der Waals surface area contributed by atoms with Gasteiger partial charge in [0.1, 0.15) is 0 Å². The molecule has 1 aliphatic heterocycles. The van der Waals surface area contributed by atoms with Gasteiger partial charge < -0.3 is 10.0 Å². The predicted molar refractivity (Wildman–Crippen MR) is 76.2 cm³/mol. The molecule has 2 bridgehead atoms. The summed E-state index contributed by atoms with van der Waals surface area (Å²) in [4.78, 5) is 2.57. The van der Waals surface area contributed by atoms with Crippen molar-refractivity contribution < 1.29 is 5.11 Å². The molecule has 4 atom stereocenters. The topological polar surface area (TPSA) is 23.5 Å². The smallest absolute Gasteiger partial charge is 0.0549 e. The zero-order chi connectivity index (χ0) is 13.0. The molecule has 3 aliphatic rings. The van der Waals surface area contributed by atoms with Gasteiger partial charge in [0, 0.05) is 11.5 Å². The fourth-order valence-corrected chi connectivity index (χ4v) is 5.17. The number of likely N-dealkylation sites (N-methyl/N-ethyl adjacent to an activating group) is 1. The molecule has 1 aromatic rings. The van der Waals surface area contributed by atoms with Gasteiger partial charge in [0.05, 0.1) is 6.10 Å². The third-order valence-electron chi connectivity index (χ3n) is 6.04. The molecular weight excluding hydrogens is 234 g/mol. The Balaban J connectivity index is 1.88. The Morgan fingerprint density at radius 2 is 2.11 bits per heavy atom. The normalized spacial score (nSPS) is 41.5. The summed E-state index contributed by atoms with van der Waals surface area (Å²) < 4.78 is 0. The number of likely N-dealkylation sites (tertiary alicyclic amines) is 1. The van der Waals surface area contributed by atoms with Crippen LogP contribution in [0.1, 0.15) is 36.8 Å². The molecule has 0 radical (unpaired) electrons. The zero-order valence-corrected chi connectivity index (χ0v) is 11.7. The quantitative estimate of drug-likeness (QED) is 0.771. The highest BCUT2D eigenvalue weighted by Gasteiger charge is 2.54. The minimum absolute atomic E-state index is 0.0912. The zero-order valence-electron chi connectivity index (χ0n) is 11.7. The van der Waals surface area contributed by atoms with Gasteiger partial charge in [-0.25, -0.2) is 0 Å². The second-order valence-electron chi connectivity index (χ2n) is 6.86. The van der Waals surface area contributed by atoms with Crippen molar-refractivity contribution in [2.75, 3.05) is 13.6 Å². The first-order chi connectivity index (χ1) is 9.21. The minimum atomic E-state index is -0.0912. The van der Waals surface area contributed by atoms with E-state index in [0.717, 1.165) is 18.8 Å². The van der Waals surface area contributed by atoms with Crippen LogP contribution in [0.5, 0.6) is 0 Å². The molecule has 102 valence electrons. The molecule has 19 heavy (non-hydrogen) atoms. The molecule has 4 rings (SSSR count). The number of nitrogens with zero attached hydrogens (tertiary/aromatic N) is 1. The highest BCUT2D eigenvalue weighted by Crippen LogP contribution is 2.55. The van der Waals surface area contributed by atoms with E-state index in [4.69, 9.17) is 0 Å². The highest BCUT2D eigenvalue weighted by atomic mass is 16.3. The summed E-state index contributed by atoms with van der Waals surface area (Å²) in [5.74, 6) is 0.754. The Morgan fingerprint density at radius 1 is 1.26 bits per heavy atom. The average Bonchev–Trinajstić information content (AvgIpc) is 2.42. The summed E-state index contributed by atoms with van der Waals surface area (Å²) in [6, 6.07) is 9.69. The Kier molecular flexibility index (Phi) is 2.55. The maximum atomic E-state index is 10.2. The van der Waals surface area contributed by atoms with E-state index < -0.39 is 0 Å². The van der Waals surface area contributed by atoms with Gasteiger partial charge in [-0.2, -0.15) is 0 Å². The van der Waals surface area contributed by atoms with Crippen LogP contribution in [0.4, 0.5) is 0 Å². The summed E-state index contributed by atoms with van der Waals surface area (Å²) in [7, 11) is 2.29. The van der Waals surface area contributed by atoms with Gasteiger partial charge in [-0.1, -0.05) is 24.3 Å². The van der Waals surface area contributed by atoms with E-state index in [1.807, 2.05) is 0 Å². The number of piperidine rings is 1. The van der Waals surface area contributed by atoms with Crippen LogP contribution in [0.3, 0.4) is 0 Å². The second-order valence-corrected chi connectivity index (χ2v) is 6.86. The molecule has 1 heterocycles. The largest absolute Gasteiger partial charge is 0.393 e. The van der Waals surface area contributed by atoms with Crippen LogP contribution in [0.25, 0.3) is 0 Å². The number of aliphatic hydroxyl groups excluding tert-OH is 1. The molecule has 2 heteroatoms. The van der Waals surface area contributed by atoms with Crippen molar-refractivity contribution in [2.45, 2.75) is 49.7 Å². The van der Waals surface area contributed by atoms with Crippen molar-refractivity contribution in [2.24, 2.45) is 5.92 Å². The van der Waals surface area contributed by atoms with Crippen molar-refractivity contribution in [1.29, 1.82) is 0 Å². The van der Waals surface area contributed by atoms with E-state index in [2.05, 4.69) is 36.2 Å². The highest BCUT2D eigenvalue weighted by molar-refractivity contribution is 5.41. The van der Waals surface area contributed by atoms with Gasteiger partial charge in [0.2, 0.25) is 0 Å². The van der Waals surface area contributed by atoms with Crippen molar-refractivity contribution >= 4 is 0 Å². The molecule has 0 spiro atoms. The first kappa shape index (κ1) is 11.9. The Bertz CT molecular complexity index is 500. The summed E-state index contributed by atoms with van der Waals surface area (Å²) in [6.07, 6.45) is 5.52. The number of rotatable bonds is 0. The van der Waals surface area contributed by atoms with E-state index in [1.165, 1.54) is 31.4 Å². The van der Waals surface area contributed by atoms with Gasteiger partial charge in [0.15, 0.2) is 0 Å². The summed E-state index contributed by atoms with van der Waals surface area (Å²) in [5, 5.41) is 10.2. The summed E-state index contributed by atoms with van der Waals surface area (Å²) >= 11 is 0. The molecular formula is C17H23NO. The molecule has 0 amide bonds. The number of fused-ring (bicyclic) bond motifs is 1. The molecule has 2 nitrogen and oxygen atoms in total. The fraction of sp³-hybridized carbons (Fsp3) is 0.647. The van der Waals surface area contributed by atoms with Crippen molar-refractivity contribution in [1.82, 2.24) is 4.90 Å². The third kappa shape index (κ3) is 1.56. The maximum absolute atomic E-state index is 10.2. The van der Waals surface area contributed by atoms with Gasteiger partial charge in [-0.3, -0.25) is 0 Å². The molecule has 2 aliphatic carbocycles. The Morgan fingerprint density at radius 3 is 3.00 bits per heavy atom. The molecule has 1 aromatic carbocycles. The van der Waals surface area contributed by atoms with Crippen LogP contribution in [-0.2, 0) is 11.8 Å². The van der Waals surface area contributed by atoms with Gasteiger partial charge in [-0.05, 0) is 62.7 Å². The summed E-state index contributed by atoms with van der Waals surface area (Å²) in [5.41, 5.74) is 3.36. The Labute approximate surface area is 115 Å². The van der Waals surface area contributed by atoms with Crippen LogP contribution in [0.15, 0.2) is 24.3 Å². The summed E-state index contributed by atoms with van der Waals surface area (Å²) in [6.45, 7) is 1.18. The van der Waals surface area contributed by atoms with Crippen LogP contribution < -0.4 is 0 Å². The second kappa shape index (κ2) is 4.07. The van der Waals surface area contributed by atoms with Crippen LogP contribution in [-0.4, -0.2) is 35.7 Å². The molecule has 2 fully saturated rings. The van der Waals surface area contributed by atoms with Crippen molar-refractivity contribution in [3.05, 3.63) is 35.4 Å².